The van der Waals surface area contributed by atoms with Gasteiger partial charge in [-0.25, -0.2) is 19.6 Å². The second kappa shape index (κ2) is 23.6. The van der Waals surface area contributed by atoms with E-state index in [1.54, 1.807) is 83.9 Å². The summed E-state index contributed by atoms with van der Waals surface area (Å²) < 4.78 is 13.5. The molecular formula is C50H62N12O7. The summed E-state index contributed by atoms with van der Waals surface area (Å²) in [6, 6.07) is 25.8. The fraction of sp³-hybridized carbons (Fsp3) is 0.340. The predicted molar refractivity (Wildman–Crippen MR) is 268 cm³/mol. The van der Waals surface area contributed by atoms with Crippen molar-refractivity contribution in [2.45, 2.75) is 84.6 Å². The second-order valence-electron chi connectivity index (χ2n) is 18.1. The minimum absolute atomic E-state index is 0.0574. The molecule has 0 aliphatic rings. The molecule has 0 aliphatic carbocycles. The highest BCUT2D eigenvalue weighted by atomic mass is 16.6. The molecule has 69 heavy (non-hydrogen) atoms. The first-order valence-electron chi connectivity index (χ1n) is 22.3. The number of amides is 3. The molecule has 0 bridgehead atoms. The molecule has 364 valence electrons. The van der Waals surface area contributed by atoms with E-state index in [1.165, 1.54) is 16.1 Å². The van der Waals surface area contributed by atoms with Gasteiger partial charge in [0, 0.05) is 70.0 Å². The van der Waals surface area contributed by atoms with Gasteiger partial charge < -0.3 is 41.8 Å². The quantitative estimate of drug-likeness (QED) is 0.0659. The van der Waals surface area contributed by atoms with E-state index in [-0.39, 0.29) is 47.4 Å². The SMILES string of the molecule is CC(=O)Nc1c(-c2ccncc2)nc(NC[C@H](Cc2ccccc2)NC(=O)OC(C)(C)C)n(C)c1=O.Cn1c(NC[C@H](Cc2ccccc2)NC(=O)OC(C)(C)C)nc(-c2ccncc2)c(N)c1=O. The first-order chi connectivity index (χ1) is 32.7. The number of benzene rings is 2. The molecule has 2 atom stereocenters. The molecule has 19 nitrogen and oxygen atoms in total. The van der Waals surface area contributed by atoms with Crippen molar-refractivity contribution in [2.75, 3.05) is 34.8 Å². The van der Waals surface area contributed by atoms with E-state index in [9.17, 15) is 24.0 Å². The number of nitrogens with two attached hydrogens (primary N) is 1. The number of nitrogen functional groups attached to an aromatic ring is 1. The number of nitrogens with zero attached hydrogens (tertiary/aromatic N) is 6. The average molecular weight is 943 g/mol. The Kier molecular flexibility index (Phi) is 17.7. The number of aromatic nitrogens is 6. The molecule has 6 rings (SSSR count). The molecule has 0 unspecified atom stereocenters. The minimum Gasteiger partial charge on any atom is -0.444 e. The maximum atomic E-state index is 13.2. The summed E-state index contributed by atoms with van der Waals surface area (Å²) in [5.74, 6) is 0.240. The lowest BCUT2D eigenvalue weighted by molar-refractivity contribution is -0.114. The van der Waals surface area contributed by atoms with Crippen molar-refractivity contribution in [1.82, 2.24) is 39.7 Å². The number of hydrogen-bond acceptors (Lipinski definition) is 14. The number of carbonyl (C=O) groups excluding carboxylic acids is 3. The minimum atomic E-state index is -0.640. The van der Waals surface area contributed by atoms with E-state index in [0.29, 0.717) is 47.8 Å². The zero-order valence-electron chi connectivity index (χ0n) is 40.5. The van der Waals surface area contributed by atoms with Gasteiger partial charge in [0.15, 0.2) is 0 Å². The van der Waals surface area contributed by atoms with Gasteiger partial charge in [-0.05, 0) is 89.8 Å². The van der Waals surface area contributed by atoms with Crippen molar-refractivity contribution in [2.24, 2.45) is 14.1 Å². The van der Waals surface area contributed by atoms with E-state index in [1.807, 2.05) is 81.4 Å². The van der Waals surface area contributed by atoms with Crippen molar-refractivity contribution < 1.29 is 23.9 Å². The number of ether oxygens (including phenoxy) is 2. The summed E-state index contributed by atoms with van der Waals surface area (Å²) in [5.41, 5.74) is 8.24. The van der Waals surface area contributed by atoms with Crippen LogP contribution in [0.3, 0.4) is 0 Å². The molecule has 3 amide bonds. The predicted octanol–water partition coefficient (Wildman–Crippen LogP) is 6.32. The van der Waals surface area contributed by atoms with Gasteiger partial charge in [-0.2, -0.15) is 0 Å². The lowest BCUT2D eigenvalue weighted by atomic mass is 10.1. The van der Waals surface area contributed by atoms with Crippen molar-refractivity contribution in [1.29, 1.82) is 0 Å². The van der Waals surface area contributed by atoms with E-state index in [4.69, 9.17) is 15.2 Å². The Hall–Kier alpha value is -8.09. The van der Waals surface area contributed by atoms with Crippen LogP contribution in [0.1, 0.15) is 59.6 Å². The molecule has 19 heteroatoms. The summed E-state index contributed by atoms with van der Waals surface area (Å²) in [5, 5.41) is 14.8. The summed E-state index contributed by atoms with van der Waals surface area (Å²) in [7, 11) is 3.16. The van der Waals surface area contributed by atoms with Crippen LogP contribution in [0.25, 0.3) is 22.5 Å². The molecule has 4 aromatic heterocycles. The maximum absolute atomic E-state index is 13.2. The van der Waals surface area contributed by atoms with Crippen LogP contribution in [0.5, 0.6) is 0 Å². The van der Waals surface area contributed by atoms with Crippen LogP contribution in [0, 0.1) is 0 Å². The van der Waals surface area contributed by atoms with Crippen molar-refractivity contribution in [3.63, 3.8) is 0 Å². The van der Waals surface area contributed by atoms with Crippen molar-refractivity contribution >= 4 is 41.4 Å². The third kappa shape index (κ3) is 16.0. The van der Waals surface area contributed by atoms with Crippen LogP contribution >= 0.6 is 0 Å². The van der Waals surface area contributed by atoms with Gasteiger partial charge in [0.1, 0.15) is 34.0 Å². The molecule has 0 radical (unpaired) electrons. The lowest BCUT2D eigenvalue weighted by Gasteiger charge is -2.24. The van der Waals surface area contributed by atoms with Crippen molar-refractivity contribution in [3.05, 3.63) is 142 Å². The first kappa shape index (κ1) is 51.9. The first-order valence-corrected chi connectivity index (χ1v) is 22.3. The largest absolute Gasteiger partial charge is 0.444 e. The van der Waals surface area contributed by atoms with E-state index >= 15 is 0 Å². The maximum Gasteiger partial charge on any atom is 0.407 e. The molecule has 0 saturated carbocycles. The molecular weight excluding hydrogens is 881 g/mol. The van der Waals surface area contributed by atoms with E-state index < -0.39 is 28.9 Å². The Balaban J connectivity index is 0.000000258. The number of nitrogens with one attached hydrogen (secondary N) is 5. The lowest BCUT2D eigenvalue weighted by Crippen LogP contribution is -2.44. The Morgan fingerprint density at radius 1 is 0.609 bits per heavy atom. The summed E-state index contributed by atoms with van der Waals surface area (Å²) in [4.78, 5) is 79.8. The van der Waals surface area contributed by atoms with E-state index in [0.717, 1.165) is 11.1 Å². The number of hydrogen-bond donors (Lipinski definition) is 6. The van der Waals surface area contributed by atoms with Crippen LogP contribution in [0.2, 0.25) is 0 Å². The molecule has 6 aromatic rings. The van der Waals surface area contributed by atoms with Crippen LogP contribution in [-0.2, 0) is 41.2 Å². The number of rotatable bonds is 15. The van der Waals surface area contributed by atoms with Gasteiger partial charge in [-0.15, -0.1) is 0 Å². The average Bonchev–Trinajstić information content (AvgIpc) is 3.29. The second-order valence-corrected chi connectivity index (χ2v) is 18.1. The summed E-state index contributed by atoms with van der Waals surface area (Å²) in [6.45, 7) is 12.7. The molecule has 4 heterocycles. The Labute approximate surface area is 401 Å². The number of pyridine rings is 2. The van der Waals surface area contributed by atoms with Gasteiger partial charge in [0.2, 0.25) is 17.8 Å². The van der Waals surface area contributed by atoms with Gasteiger partial charge in [-0.3, -0.25) is 33.5 Å². The van der Waals surface area contributed by atoms with Gasteiger partial charge in [0.25, 0.3) is 11.1 Å². The zero-order chi connectivity index (χ0) is 50.3. The topological polar surface area (TPSA) is 251 Å². The Bertz CT molecular complexity index is 2780. The highest BCUT2D eigenvalue weighted by molar-refractivity contribution is 5.93. The van der Waals surface area contributed by atoms with Gasteiger partial charge in [-0.1, -0.05) is 60.7 Å². The van der Waals surface area contributed by atoms with Gasteiger partial charge >= 0.3 is 12.2 Å². The molecule has 0 saturated heterocycles. The van der Waals surface area contributed by atoms with Crippen molar-refractivity contribution in [3.8, 4) is 22.5 Å². The molecule has 0 aliphatic heterocycles. The highest BCUT2D eigenvalue weighted by Crippen LogP contribution is 2.25. The number of anilines is 4. The zero-order valence-corrected chi connectivity index (χ0v) is 40.5. The Morgan fingerprint density at radius 3 is 1.41 bits per heavy atom. The van der Waals surface area contributed by atoms with Crippen LogP contribution in [-0.4, -0.2) is 83.5 Å². The Morgan fingerprint density at radius 2 is 1.00 bits per heavy atom. The molecule has 0 spiro atoms. The molecule has 2 aromatic carbocycles. The molecule has 0 fully saturated rings. The summed E-state index contributed by atoms with van der Waals surface area (Å²) >= 11 is 0. The van der Waals surface area contributed by atoms with Crippen LogP contribution in [0.15, 0.2) is 119 Å². The third-order valence-corrected chi connectivity index (χ3v) is 9.93. The van der Waals surface area contributed by atoms with E-state index in [2.05, 4.69) is 46.5 Å². The standard InChI is InChI=1S/C26H32N6O4.C24H30N6O3/c1-17(33)29-22-21(19-11-13-27-14-12-19)31-24(32(5)23(22)34)28-16-20(15-18-9-7-6-8-10-18)30-25(35)36-26(2,3)4;1-24(2,3)33-23(32)28-18(14-16-8-6-5-7-9-16)15-27-22-29-20(17-10-12-26-13-11-17)19(25)21(31)30(22)4/h6-14,20H,15-16H2,1-5H3,(H,28,31)(H,29,33)(H,30,35);5-13,18H,14-15,25H2,1-4H3,(H,27,29)(H,28,32)/t20-;18-/m00/s1. The normalized spacial score (nSPS) is 12.0. The molecule has 7 N–H and O–H groups in total. The fourth-order valence-electron chi connectivity index (χ4n) is 6.80. The van der Waals surface area contributed by atoms with Gasteiger partial charge in [0.05, 0.1) is 12.1 Å². The third-order valence-electron chi connectivity index (χ3n) is 9.93. The summed E-state index contributed by atoms with van der Waals surface area (Å²) in [6.07, 6.45) is 6.44. The van der Waals surface area contributed by atoms with Crippen LogP contribution in [0.4, 0.5) is 32.9 Å². The number of carbonyl (C=O) groups is 3. The van der Waals surface area contributed by atoms with Crippen LogP contribution < -0.4 is 43.4 Å². The smallest absolute Gasteiger partial charge is 0.407 e. The highest BCUT2D eigenvalue weighted by Gasteiger charge is 2.24. The fourth-order valence-corrected chi connectivity index (χ4v) is 6.80. The monoisotopic (exact) mass is 942 g/mol. The number of alkyl carbamates (subject to hydrolysis) is 2.